The molecule has 1 aromatic rings. The Kier molecular flexibility index (Phi) is 2.52. The van der Waals surface area contributed by atoms with Crippen molar-refractivity contribution < 1.29 is 4.79 Å². The SMILES string of the molecule is CNC1C(=O)N(C)CCc2ncsc21. The van der Waals surface area contributed by atoms with E-state index in [0.29, 0.717) is 0 Å². The number of carbonyl (C=O) groups is 1. The lowest BCUT2D eigenvalue weighted by molar-refractivity contribution is -0.131. The van der Waals surface area contributed by atoms with Crippen LogP contribution in [-0.4, -0.2) is 36.4 Å². The van der Waals surface area contributed by atoms with Gasteiger partial charge in [0.05, 0.1) is 16.1 Å². The van der Waals surface area contributed by atoms with Crippen LogP contribution in [-0.2, 0) is 11.2 Å². The van der Waals surface area contributed by atoms with Gasteiger partial charge in [-0.15, -0.1) is 11.3 Å². The van der Waals surface area contributed by atoms with Crippen LogP contribution in [0, 0.1) is 0 Å². The van der Waals surface area contributed by atoms with Gasteiger partial charge in [-0.25, -0.2) is 4.98 Å². The summed E-state index contributed by atoms with van der Waals surface area (Å²) in [4.78, 5) is 19.0. The Bertz CT molecular complexity index is 350. The molecule has 0 aromatic carbocycles. The van der Waals surface area contributed by atoms with Gasteiger partial charge in [0.1, 0.15) is 6.04 Å². The number of rotatable bonds is 1. The number of thiazole rings is 1. The van der Waals surface area contributed by atoms with Crippen LogP contribution in [0.4, 0.5) is 0 Å². The van der Waals surface area contributed by atoms with Crippen LogP contribution < -0.4 is 5.32 Å². The van der Waals surface area contributed by atoms with Crippen molar-refractivity contribution in [3.63, 3.8) is 0 Å². The van der Waals surface area contributed by atoms with E-state index in [0.717, 1.165) is 23.5 Å². The fourth-order valence-corrected chi connectivity index (χ4v) is 2.61. The molecule has 0 aliphatic carbocycles. The van der Waals surface area contributed by atoms with Crippen LogP contribution in [0.3, 0.4) is 0 Å². The molecule has 4 nitrogen and oxygen atoms in total. The molecular weight excluding hydrogens is 198 g/mol. The second-order valence-electron chi connectivity index (χ2n) is 3.39. The summed E-state index contributed by atoms with van der Waals surface area (Å²) in [6, 6.07) is -0.204. The Morgan fingerprint density at radius 1 is 1.71 bits per heavy atom. The predicted octanol–water partition coefficient (Wildman–Crippen LogP) is 0.418. The Labute approximate surface area is 86.9 Å². The van der Waals surface area contributed by atoms with E-state index in [4.69, 9.17) is 0 Å². The molecule has 14 heavy (non-hydrogen) atoms. The summed E-state index contributed by atoms with van der Waals surface area (Å²) in [5, 5.41) is 3.05. The number of fused-ring (bicyclic) bond motifs is 1. The number of carbonyl (C=O) groups excluding carboxylic acids is 1. The molecule has 1 amide bonds. The standard InChI is InChI=1S/C9H13N3OS/c1-10-7-8-6(11-5-14-8)3-4-12(2)9(7)13/h5,7,10H,3-4H2,1-2H3. The largest absolute Gasteiger partial charge is 0.344 e. The van der Waals surface area contributed by atoms with Crippen molar-refractivity contribution in [1.29, 1.82) is 0 Å². The Morgan fingerprint density at radius 3 is 3.21 bits per heavy atom. The summed E-state index contributed by atoms with van der Waals surface area (Å²) in [6.45, 7) is 0.758. The molecule has 5 heteroatoms. The number of aromatic nitrogens is 1. The Morgan fingerprint density at radius 2 is 2.50 bits per heavy atom. The van der Waals surface area contributed by atoms with Crippen LogP contribution in [0.25, 0.3) is 0 Å². The average Bonchev–Trinajstić information content (AvgIpc) is 2.59. The maximum absolute atomic E-state index is 11.9. The fourth-order valence-electron chi connectivity index (χ4n) is 1.67. The molecule has 76 valence electrons. The summed E-state index contributed by atoms with van der Waals surface area (Å²) in [5.74, 6) is 0.135. The minimum Gasteiger partial charge on any atom is -0.344 e. The molecule has 0 spiro atoms. The first kappa shape index (κ1) is 9.61. The molecule has 0 saturated heterocycles. The normalized spacial score (nSPS) is 22.0. The molecule has 0 radical (unpaired) electrons. The molecule has 2 rings (SSSR count). The molecule has 1 atom stereocenters. The van der Waals surface area contributed by atoms with Crippen molar-refractivity contribution in [2.24, 2.45) is 0 Å². The summed E-state index contributed by atoms with van der Waals surface area (Å²) < 4.78 is 0. The van der Waals surface area contributed by atoms with E-state index in [2.05, 4.69) is 10.3 Å². The van der Waals surface area contributed by atoms with E-state index in [1.807, 2.05) is 19.6 Å². The van der Waals surface area contributed by atoms with Gasteiger partial charge in [0.15, 0.2) is 0 Å². The quantitative estimate of drug-likeness (QED) is 0.732. The van der Waals surface area contributed by atoms with Crippen molar-refractivity contribution in [2.75, 3.05) is 20.6 Å². The van der Waals surface area contributed by atoms with E-state index < -0.39 is 0 Å². The van der Waals surface area contributed by atoms with E-state index in [9.17, 15) is 4.79 Å². The molecule has 1 aliphatic heterocycles. The summed E-state index contributed by atoms with van der Waals surface area (Å²) >= 11 is 1.56. The van der Waals surface area contributed by atoms with Gasteiger partial charge in [-0.05, 0) is 7.05 Å². The van der Waals surface area contributed by atoms with Gasteiger partial charge in [-0.1, -0.05) is 0 Å². The van der Waals surface area contributed by atoms with Gasteiger partial charge in [-0.3, -0.25) is 4.79 Å². The molecule has 1 aliphatic rings. The first-order chi connectivity index (χ1) is 6.74. The third-order valence-electron chi connectivity index (χ3n) is 2.53. The molecule has 0 bridgehead atoms. The Hall–Kier alpha value is -0.940. The lowest BCUT2D eigenvalue weighted by Gasteiger charge is -2.18. The molecule has 0 saturated carbocycles. The summed E-state index contributed by atoms with van der Waals surface area (Å²) in [7, 11) is 3.65. The number of nitrogens with one attached hydrogen (secondary N) is 1. The average molecular weight is 211 g/mol. The second-order valence-corrected chi connectivity index (χ2v) is 4.28. The minimum atomic E-state index is -0.204. The van der Waals surface area contributed by atoms with Crippen molar-refractivity contribution in [3.8, 4) is 0 Å². The number of amides is 1. The number of hydrogen-bond acceptors (Lipinski definition) is 4. The smallest absolute Gasteiger partial charge is 0.244 e. The molecule has 1 aromatic heterocycles. The highest BCUT2D eigenvalue weighted by Crippen LogP contribution is 2.26. The van der Waals surface area contributed by atoms with Crippen LogP contribution in [0.2, 0.25) is 0 Å². The Balaban J connectivity index is 2.40. The van der Waals surface area contributed by atoms with Gasteiger partial charge >= 0.3 is 0 Å². The minimum absolute atomic E-state index is 0.135. The number of nitrogens with zero attached hydrogens (tertiary/aromatic N) is 2. The zero-order chi connectivity index (χ0) is 10.1. The molecular formula is C9H13N3OS. The zero-order valence-corrected chi connectivity index (χ0v) is 9.10. The monoisotopic (exact) mass is 211 g/mol. The van der Waals surface area contributed by atoms with Crippen molar-refractivity contribution in [2.45, 2.75) is 12.5 Å². The first-order valence-electron chi connectivity index (χ1n) is 4.58. The molecule has 1 unspecified atom stereocenters. The summed E-state index contributed by atoms with van der Waals surface area (Å²) in [5.41, 5.74) is 2.88. The number of hydrogen-bond donors (Lipinski definition) is 1. The summed E-state index contributed by atoms with van der Waals surface area (Å²) in [6.07, 6.45) is 0.860. The van der Waals surface area contributed by atoms with Crippen LogP contribution >= 0.6 is 11.3 Å². The molecule has 1 N–H and O–H groups in total. The van der Waals surface area contributed by atoms with E-state index >= 15 is 0 Å². The van der Waals surface area contributed by atoms with E-state index in [1.54, 1.807) is 16.2 Å². The predicted molar refractivity (Wildman–Crippen MR) is 55.3 cm³/mol. The zero-order valence-electron chi connectivity index (χ0n) is 8.28. The first-order valence-corrected chi connectivity index (χ1v) is 5.46. The second kappa shape index (κ2) is 3.67. The van der Waals surface area contributed by atoms with Crippen molar-refractivity contribution in [3.05, 3.63) is 16.1 Å². The van der Waals surface area contributed by atoms with Gasteiger partial charge in [0.2, 0.25) is 5.91 Å². The lowest BCUT2D eigenvalue weighted by atomic mass is 10.2. The fraction of sp³-hybridized carbons (Fsp3) is 0.556. The van der Waals surface area contributed by atoms with Gasteiger partial charge in [-0.2, -0.15) is 0 Å². The van der Waals surface area contributed by atoms with E-state index in [-0.39, 0.29) is 11.9 Å². The maximum Gasteiger partial charge on any atom is 0.244 e. The van der Waals surface area contributed by atoms with Gasteiger partial charge in [0.25, 0.3) is 0 Å². The van der Waals surface area contributed by atoms with Crippen LogP contribution in [0.15, 0.2) is 5.51 Å². The highest BCUT2D eigenvalue weighted by Gasteiger charge is 2.29. The van der Waals surface area contributed by atoms with Crippen molar-refractivity contribution in [1.82, 2.24) is 15.2 Å². The third kappa shape index (κ3) is 1.42. The molecule has 0 fully saturated rings. The maximum atomic E-state index is 11.9. The third-order valence-corrected chi connectivity index (χ3v) is 3.47. The highest BCUT2D eigenvalue weighted by atomic mass is 32.1. The van der Waals surface area contributed by atoms with E-state index in [1.165, 1.54) is 0 Å². The van der Waals surface area contributed by atoms with Gasteiger partial charge in [0, 0.05) is 20.0 Å². The van der Waals surface area contributed by atoms with Gasteiger partial charge < -0.3 is 10.2 Å². The lowest BCUT2D eigenvalue weighted by Crippen LogP contribution is -2.36. The van der Waals surface area contributed by atoms with Crippen molar-refractivity contribution >= 4 is 17.2 Å². The highest BCUT2D eigenvalue weighted by molar-refractivity contribution is 7.10. The van der Waals surface area contributed by atoms with Crippen LogP contribution in [0.5, 0.6) is 0 Å². The number of likely N-dealkylation sites (N-methyl/N-ethyl adjacent to an activating group) is 2. The topological polar surface area (TPSA) is 45.2 Å². The van der Waals surface area contributed by atoms with Crippen LogP contribution in [0.1, 0.15) is 16.6 Å². The molecule has 2 heterocycles.